The van der Waals surface area contributed by atoms with Crippen molar-refractivity contribution >= 4 is 17.3 Å². The molecule has 1 N–H and O–H groups in total. The number of aryl methyl sites for hydroxylation is 1. The van der Waals surface area contributed by atoms with Crippen LogP contribution in [0, 0.1) is 6.92 Å². The van der Waals surface area contributed by atoms with Crippen LogP contribution >= 0.6 is 0 Å². The van der Waals surface area contributed by atoms with Gasteiger partial charge in [-0.05, 0) is 24.6 Å². The third kappa shape index (κ3) is 4.80. The summed E-state index contributed by atoms with van der Waals surface area (Å²) in [4.78, 5) is 11.4. The third-order valence-corrected chi connectivity index (χ3v) is 3.96. The molecule has 1 aromatic heterocycles. The second-order valence-electron chi connectivity index (χ2n) is 5.99. The highest BCUT2D eigenvalue weighted by molar-refractivity contribution is 5.62. The van der Waals surface area contributed by atoms with Gasteiger partial charge in [0.25, 0.3) is 0 Å². The molecule has 0 fully saturated rings. The number of aromatic nitrogens is 2. The van der Waals surface area contributed by atoms with Crippen molar-refractivity contribution in [2.45, 2.75) is 13.5 Å². The predicted molar refractivity (Wildman–Crippen MR) is 106 cm³/mol. The van der Waals surface area contributed by atoms with E-state index in [2.05, 4.69) is 56.6 Å². The number of hydrogen-bond acceptors (Lipinski definition) is 5. The molecule has 0 aliphatic carbocycles. The Morgan fingerprint density at radius 1 is 0.962 bits per heavy atom. The lowest BCUT2D eigenvalue weighted by Gasteiger charge is -2.25. The molecule has 0 unspecified atom stereocenters. The number of rotatable bonds is 8. The summed E-state index contributed by atoms with van der Waals surface area (Å²) in [6.45, 7) is 3.98. The van der Waals surface area contributed by atoms with Crippen molar-refractivity contribution in [1.82, 2.24) is 9.97 Å². The number of methoxy groups -OCH3 is 1. The van der Waals surface area contributed by atoms with Gasteiger partial charge in [0.1, 0.15) is 17.5 Å². The maximum absolute atomic E-state index is 5.10. The van der Waals surface area contributed by atoms with Gasteiger partial charge in [0.15, 0.2) is 0 Å². The molecule has 0 saturated carbocycles. The molecule has 2 aromatic carbocycles. The zero-order valence-corrected chi connectivity index (χ0v) is 15.2. The van der Waals surface area contributed by atoms with Crippen LogP contribution in [0.15, 0.2) is 66.7 Å². The topological polar surface area (TPSA) is 50.3 Å². The normalized spacial score (nSPS) is 10.5. The highest BCUT2D eigenvalue weighted by Gasteiger charge is 2.13. The Labute approximate surface area is 154 Å². The maximum atomic E-state index is 5.10. The van der Waals surface area contributed by atoms with Crippen molar-refractivity contribution in [3.05, 3.63) is 78.1 Å². The van der Waals surface area contributed by atoms with E-state index >= 15 is 0 Å². The summed E-state index contributed by atoms with van der Waals surface area (Å²) in [5, 5.41) is 3.29. The summed E-state index contributed by atoms with van der Waals surface area (Å²) in [5.41, 5.74) is 2.32. The Morgan fingerprint density at radius 2 is 1.65 bits per heavy atom. The molecule has 0 aliphatic rings. The number of nitrogens with zero attached hydrogens (tertiary/aromatic N) is 3. The fourth-order valence-corrected chi connectivity index (χ4v) is 2.74. The molecule has 3 rings (SSSR count). The second kappa shape index (κ2) is 8.97. The minimum atomic E-state index is 0.630. The van der Waals surface area contributed by atoms with Crippen molar-refractivity contribution in [2.75, 3.05) is 30.5 Å². The average molecular weight is 348 g/mol. The monoisotopic (exact) mass is 348 g/mol. The molecule has 3 aromatic rings. The van der Waals surface area contributed by atoms with E-state index in [1.54, 1.807) is 7.11 Å². The van der Waals surface area contributed by atoms with Crippen LogP contribution in [-0.2, 0) is 11.3 Å². The largest absolute Gasteiger partial charge is 0.383 e. The number of hydrogen-bond donors (Lipinski definition) is 1. The number of anilines is 3. The first-order valence-corrected chi connectivity index (χ1v) is 8.71. The van der Waals surface area contributed by atoms with Gasteiger partial charge in [-0.15, -0.1) is 0 Å². The van der Waals surface area contributed by atoms with Gasteiger partial charge in [0.05, 0.1) is 6.61 Å². The molecule has 1 heterocycles. The van der Waals surface area contributed by atoms with Gasteiger partial charge in [-0.1, -0.05) is 48.5 Å². The van der Waals surface area contributed by atoms with Crippen molar-refractivity contribution in [3.63, 3.8) is 0 Å². The second-order valence-corrected chi connectivity index (χ2v) is 5.99. The molecular weight excluding hydrogens is 324 g/mol. The van der Waals surface area contributed by atoms with Crippen LogP contribution in [-0.4, -0.2) is 30.2 Å². The van der Waals surface area contributed by atoms with Crippen molar-refractivity contribution in [1.29, 1.82) is 0 Å². The van der Waals surface area contributed by atoms with Crippen molar-refractivity contribution < 1.29 is 4.74 Å². The molecule has 26 heavy (non-hydrogen) atoms. The van der Waals surface area contributed by atoms with Gasteiger partial charge in [-0.2, -0.15) is 0 Å². The molecule has 134 valence electrons. The summed E-state index contributed by atoms with van der Waals surface area (Å²) < 4.78 is 5.10. The lowest BCUT2D eigenvalue weighted by molar-refractivity contribution is 0.210. The zero-order chi connectivity index (χ0) is 18.2. The number of nitrogens with one attached hydrogen (secondary N) is 1. The van der Waals surface area contributed by atoms with Gasteiger partial charge in [0, 0.05) is 32.0 Å². The molecule has 0 spiro atoms. The summed E-state index contributed by atoms with van der Waals surface area (Å²) in [5.74, 6) is 2.41. The number of ether oxygens (including phenoxy) is 1. The Balaban J connectivity index is 1.93. The van der Waals surface area contributed by atoms with Crippen LogP contribution in [0.3, 0.4) is 0 Å². The molecule has 0 aliphatic heterocycles. The smallest absolute Gasteiger partial charge is 0.139 e. The van der Waals surface area contributed by atoms with Crippen LogP contribution in [0.4, 0.5) is 17.3 Å². The Hall–Kier alpha value is -2.92. The van der Waals surface area contributed by atoms with Gasteiger partial charge in [-0.25, -0.2) is 9.97 Å². The quantitative estimate of drug-likeness (QED) is 0.619. The summed E-state index contributed by atoms with van der Waals surface area (Å²) in [6, 6.07) is 22.7. The fourth-order valence-electron chi connectivity index (χ4n) is 2.74. The molecule has 5 heteroatoms. The van der Waals surface area contributed by atoms with Crippen LogP contribution < -0.4 is 10.2 Å². The summed E-state index contributed by atoms with van der Waals surface area (Å²) in [6.07, 6.45) is 0. The first-order chi connectivity index (χ1) is 12.8. The molecule has 0 saturated heterocycles. The van der Waals surface area contributed by atoms with Crippen LogP contribution in [0.5, 0.6) is 0 Å². The molecule has 5 nitrogen and oxygen atoms in total. The van der Waals surface area contributed by atoms with Gasteiger partial charge in [-0.3, -0.25) is 0 Å². The summed E-state index contributed by atoms with van der Waals surface area (Å²) >= 11 is 0. The van der Waals surface area contributed by atoms with Crippen LogP contribution in [0.2, 0.25) is 0 Å². The minimum Gasteiger partial charge on any atom is -0.383 e. The van der Waals surface area contributed by atoms with E-state index in [9.17, 15) is 0 Å². The Morgan fingerprint density at radius 3 is 2.35 bits per heavy atom. The standard InChI is InChI=1S/C21H24N4O/c1-17-23-20(22-13-14-26-2)15-21(24-17)25(19-11-7-4-8-12-19)16-18-9-5-3-6-10-18/h3-12,15H,13-14,16H2,1-2H3,(H,22,23,24). The lowest BCUT2D eigenvalue weighted by atomic mass is 10.2. The number of benzene rings is 2. The zero-order valence-electron chi connectivity index (χ0n) is 15.2. The van der Waals surface area contributed by atoms with Gasteiger partial charge < -0.3 is 15.0 Å². The molecule has 0 bridgehead atoms. The highest BCUT2D eigenvalue weighted by Crippen LogP contribution is 2.27. The lowest BCUT2D eigenvalue weighted by Crippen LogP contribution is -2.19. The molecule has 0 amide bonds. The van der Waals surface area contributed by atoms with Crippen LogP contribution in [0.1, 0.15) is 11.4 Å². The third-order valence-electron chi connectivity index (χ3n) is 3.96. The molecular formula is C21H24N4O. The van der Waals surface area contributed by atoms with E-state index in [-0.39, 0.29) is 0 Å². The fraction of sp³-hybridized carbons (Fsp3) is 0.238. The highest BCUT2D eigenvalue weighted by atomic mass is 16.5. The first kappa shape index (κ1) is 17.9. The van der Waals surface area contributed by atoms with Crippen LogP contribution in [0.25, 0.3) is 0 Å². The van der Waals surface area contributed by atoms with E-state index in [0.717, 1.165) is 29.7 Å². The molecule has 0 radical (unpaired) electrons. The maximum Gasteiger partial charge on any atom is 0.139 e. The SMILES string of the molecule is COCCNc1cc(N(Cc2ccccc2)c2ccccc2)nc(C)n1. The molecule has 0 atom stereocenters. The van der Waals surface area contributed by atoms with E-state index in [1.165, 1.54) is 5.56 Å². The van der Waals surface area contributed by atoms with E-state index in [1.807, 2.05) is 37.3 Å². The van der Waals surface area contributed by atoms with Crippen molar-refractivity contribution in [3.8, 4) is 0 Å². The first-order valence-electron chi connectivity index (χ1n) is 8.71. The van der Waals surface area contributed by atoms with Gasteiger partial charge >= 0.3 is 0 Å². The van der Waals surface area contributed by atoms with E-state index < -0.39 is 0 Å². The minimum absolute atomic E-state index is 0.630. The van der Waals surface area contributed by atoms with E-state index in [0.29, 0.717) is 13.2 Å². The Bertz CT molecular complexity index is 809. The average Bonchev–Trinajstić information content (AvgIpc) is 2.67. The predicted octanol–water partition coefficient (Wildman–Crippen LogP) is 4.18. The Kier molecular flexibility index (Phi) is 6.17. The van der Waals surface area contributed by atoms with Gasteiger partial charge in [0.2, 0.25) is 0 Å². The summed E-state index contributed by atoms with van der Waals surface area (Å²) in [7, 11) is 1.69. The van der Waals surface area contributed by atoms with Crippen molar-refractivity contribution in [2.24, 2.45) is 0 Å². The van der Waals surface area contributed by atoms with E-state index in [4.69, 9.17) is 4.74 Å². The number of para-hydroxylation sites is 1.